The number of likely N-dealkylation sites (tertiary alicyclic amines) is 1. The van der Waals surface area contributed by atoms with Crippen molar-refractivity contribution in [2.45, 2.75) is 31.6 Å². The zero-order valence-electron chi connectivity index (χ0n) is 16.4. The molecule has 7 heteroatoms. The highest BCUT2D eigenvalue weighted by atomic mass is 32.2. The van der Waals surface area contributed by atoms with E-state index in [2.05, 4.69) is 13.8 Å². The first-order chi connectivity index (χ1) is 13.1. The number of halogens is 1. The Morgan fingerprint density at radius 3 is 2.54 bits per heavy atom. The number of rotatable bonds is 4. The monoisotopic (exact) mass is 404 g/mol. The Bertz CT molecular complexity index is 989. The van der Waals surface area contributed by atoms with Crippen molar-refractivity contribution in [3.05, 3.63) is 59.9 Å². The molecule has 1 saturated heterocycles. The third-order valence-electron chi connectivity index (χ3n) is 5.12. The average Bonchev–Trinajstić information content (AvgIpc) is 2.66. The summed E-state index contributed by atoms with van der Waals surface area (Å²) in [5.74, 6) is -0.810. The van der Waals surface area contributed by atoms with Crippen LogP contribution in [0, 0.1) is 11.2 Å². The lowest BCUT2D eigenvalue weighted by molar-refractivity contribution is 0.0583. The smallest absolute Gasteiger partial charge is 0.264 e. The third kappa shape index (κ3) is 4.04. The molecule has 0 aliphatic carbocycles. The number of nitrogens with zero attached hydrogens (tertiary/aromatic N) is 2. The summed E-state index contributed by atoms with van der Waals surface area (Å²) in [6.07, 6.45) is 1.98. The minimum Gasteiger partial charge on any atom is -0.338 e. The Hall–Kier alpha value is -2.41. The topological polar surface area (TPSA) is 57.7 Å². The molecule has 0 aromatic heterocycles. The van der Waals surface area contributed by atoms with Gasteiger partial charge in [0, 0.05) is 25.7 Å². The van der Waals surface area contributed by atoms with Gasteiger partial charge in [0.05, 0.1) is 10.6 Å². The molecule has 0 N–H and O–H groups in total. The molecule has 1 heterocycles. The highest BCUT2D eigenvalue weighted by molar-refractivity contribution is 7.92. The maximum atomic E-state index is 14.0. The van der Waals surface area contributed by atoms with Gasteiger partial charge in [-0.15, -0.1) is 0 Å². The summed E-state index contributed by atoms with van der Waals surface area (Å²) >= 11 is 0. The van der Waals surface area contributed by atoms with E-state index in [1.54, 1.807) is 23.1 Å². The fourth-order valence-electron chi connectivity index (χ4n) is 3.56. The molecule has 1 aliphatic heterocycles. The minimum atomic E-state index is -4.00. The van der Waals surface area contributed by atoms with E-state index in [1.165, 1.54) is 37.4 Å². The Labute approximate surface area is 165 Å². The molecule has 0 saturated carbocycles. The van der Waals surface area contributed by atoms with Gasteiger partial charge in [0.2, 0.25) is 0 Å². The minimum absolute atomic E-state index is 0.0413. The third-order valence-corrected chi connectivity index (χ3v) is 6.89. The van der Waals surface area contributed by atoms with Crippen LogP contribution in [0.25, 0.3) is 0 Å². The van der Waals surface area contributed by atoms with Crippen LogP contribution in [-0.4, -0.2) is 39.4 Å². The number of sulfonamides is 1. The van der Waals surface area contributed by atoms with Gasteiger partial charge >= 0.3 is 0 Å². The van der Waals surface area contributed by atoms with Crippen molar-refractivity contribution >= 4 is 21.6 Å². The van der Waals surface area contributed by atoms with Gasteiger partial charge in [-0.05, 0) is 48.6 Å². The van der Waals surface area contributed by atoms with Gasteiger partial charge in [-0.2, -0.15) is 0 Å². The van der Waals surface area contributed by atoms with E-state index in [9.17, 15) is 17.6 Å². The van der Waals surface area contributed by atoms with Crippen molar-refractivity contribution in [3.63, 3.8) is 0 Å². The number of hydrogen-bond donors (Lipinski definition) is 0. The molecule has 2 aromatic carbocycles. The molecule has 1 fully saturated rings. The van der Waals surface area contributed by atoms with Crippen molar-refractivity contribution in [1.29, 1.82) is 0 Å². The number of para-hydroxylation sites is 1. The van der Waals surface area contributed by atoms with E-state index in [4.69, 9.17) is 0 Å². The van der Waals surface area contributed by atoms with Crippen LogP contribution in [0.3, 0.4) is 0 Å². The van der Waals surface area contributed by atoms with Crippen LogP contribution >= 0.6 is 0 Å². The van der Waals surface area contributed by atoms with Crippen LogP contribution in [0.1, 0.15) is 37.0 Å². The Balaban J connectivity index is 1.90. The number of piperidine rings is 1. The molecule has 150 valence electrons. The van der Waals surface area contributed by atoms with Crippen LogP contribution in [0.2, 0.25) is 0 Å². The molecule has 3 rings (SSSR count). The molecule has 1 aliphatic rings. The van der Waals surface area contributed by atoms with E-state index in [0.29, 0.717) is 18.7 Å². The van der Waals surface area contributed by atoms with Crippen molar-refractivity contribution in [1.82, 2.24) is 4.90 Å². The molecule has 1 amide bonds. The van der Waals surface area contributed by atoms with Crippen molar-refractivity contribution < 1.29 is 17.6 Å². The van der Waals surface area contributed by atoms with E-state index in [1.807, 2.05) is 0 Å². The van der Waals surface area contributed by atoms with Gasteiger partial charge in [0.25, 0.3) is 15.9 Å². The molecule has 2 aromatic rings. The molecule has 5 nitrogen and oxygen atoms in total. The summed E-state index contributed by atoms with van der Waals surface area (Å²) in [5.41, 5.74) is 0.320. The molecule has 0 radical (unpaired) electrons. The Kier molecular flexibility index (Phi) is 5.48. The summed E-state index contributed by atoms with van der Waals surface area (Å²) < 4.78 is 40.9. The first-order valence-corrected chi connectivity index (χ1v) is 10.7. The second-order valence-electron chi connectivity index (χ2n) is 7.95. The van der Waals surface area contributed by atoms with Crippen LogP contribution < -0.4 is 4.31 Å². The van der Waals surface area contributed by atoms with Crippen LogP contribution in [0.5, 0.6) is 0 Å². The summed E-state index contributed by atoms with van der Waals surface area (Å²) in [6, 6.07) is 11.6. The normalized spacial score (nSPS) is 16.6. The van der Waals surface area contributed by atoms with Crippen LogP contribution in [0.15, 0.2) is 53.4 Å². The van der Waals surface area contributed by atoms with Crippen molar-refractivity contribution in [2.24, 2.45) is 5.41 Å². The number of anilines is 1. The maximum Gasteiger partial charge on any atom is 0.264 e. The van der Waals surface area contributed by atoms with Gasteiger partial charge in [-0.25, -0.2) is 12.8 Å². The molecule has 0 atom stereocenters. The number of amides is 1. The van der Waals surface area contributed by atoms with Crippen molar-refractivity contribution in [3.8, 4) is 0 Å². The maximum absolute atomic E-state index is 14.0. The summed E-state index contributed by atoms with van der Waals surface area (Å²) in [7, 11) is -2.70. The van der Waals surface area contributed by atoms with Gasteiger partial charge in [0.1, 0.15) is 5.82 Å². The largest absolute Gasteiger partial charge is 0.338 e. The predicted octanol–water partition coefficient (Wildman–Crippen LogP) is 3.91. The lowest BCUT2D eigenvalue weighted by Gasteiger charge is -2.38. The van der Waals surface area contributed by atoms with E-state index >= 15 is 0 Å². The number of carbonyl (C=O) groups is 1. The highest BCUT2D eigenvalue weighted by Gasteiger charge is 2.30. The van der Waals surface area contributed by atoms with Gasteiger partial charge in [-0.3, -0.25) is 9.10 Å². The van der Waals surface area contributed by atoms with E-state index in [0.717, 1.165) is 17.1 Å². The molecular weight excluding hydrogens is 379 g/mol. The SMILES string of the molecule is CN(c1ccccc1F)S(=O)(=O)c1cccc(C(=O)N2CCCC(C)(C)C2)c1. The summed E-state index contributed by atoms with van der Waals surface area (Å²) in [6.45, 7) is 5.54. The molecule has 28 heavy (non-hydrogen) atoms. The predicted molar refractivity (Wildman–Crippen MR) is 107 cm³/mol. The van der Waals surface area contributed by atoms with E-state index in [-0.39, 0.29) is 21.9 Å². The van der Waals surface area contributed by atoms with Gasteiger partial charge < -0.3 is 4.90 Å². The van der Waals surface area contributed by atoms with Gasteiger partial charge in [0.15, 0.2) is 0 Å². The second-order valence-corrected chi connectivity index (χ2v) is 9.92. The van der Waals surface area contributed by atoms with Crippen LogP contribution in [-0.2, 0) is 10.0 Å². The number of carbonyl (C=O) groups excluding carboxylic acids is 1. The molecule has 0 spiro atoms. The summed E-state index contributed by atoms with van der Waals surface area (Å²) in [4.78, 5) is 14.7. The quantitative estimate of drug-likeness (QED) is 0.776. The van der Waals surface area contributed by atoms with E-state index < -0.39 is 15.8 Å². The Morgan fingerprint density at radius 2 is 1.86 bits per heavy atom. The first-order valence-electron chi connectivity index (χ1n) is 9.25. The highest BCUT2D eigenvalue weighted by Crippen LogP contribution is 2.30. The Morgan fingerprint density at radius 1 is 1.14 bits per heavy atom. The standard InChI is InChI=1S/C21H25FN2O3S/c1-21(2)12-7-13-24(15-21)20(25)16-8-6-9-17(14-16)28(26,27)23(3)19-11-5-4-10-18(19)22/h4-6,8-11,14H,7,12-13,15H2,1-3H3. The number of benzene rings is 2. The van der Waals surface area contributed by atoms with Crippen molar-refractivity contribution in [2.75, 3.05) is 24.4 Å². The fourth-order valence-corrected chi connectivity index (χ4v) is 4.81. The molecule has 0 unspecified atom stereocenters. The second kappa shape index (κ2) is 7.54. The molecular formula is C21H25FN2O3S. The molecule has 0 bridgehead atoms. The number of hydrogen-bond acceptors (Lipinski definition) is 3. The first kappa shape index (κ1) is 20.3. The average molecular weight is 405 g/mol. The fraction of sp³-hybridized carbons (Fsp3) is 0.381. The van der Waals surface area contributed by atoms with Gasteiger partial charge in [-0.1, -0.05) is 32.0 Å². The lowest BCUT2D eigenvalue weighted by atomic mass is 9.84. The summed E-state index contributed by atoms with van der Waals surface area (Å²) in [5, 5.41) is 0. The zero-order chi connectivity index (χ0) is 20.5. The zero-order valence-corrected chi connectivity index (χ0v) is 17.2. The lowest BCUT2D eigenvalue weighted by Crippen LogP contribution is -2.43. The van der Waals surface area contributed by atoms with Crippen LogP contribution in [0.4, 0.5) is 10.1 Å².